The maximum Gasteiger partial charge on any atom is 0.227 e. The Morgan fingerprint density at radius 2 is 1.81 bits per heavy atom. The lowest BCUT2D eigenvalue weighted by molar-refractivity contribution is 1.06. The number of rotatable bonds is 2. The summed E-state index contributed by atoms with van der Waals surface area (Å²) in [5.41, 5.74) is 2.67. The van der Waals surface area contributed by atoms with Crippen molar-refractivity contribution in [2.75, 3.05) is 5.32 Å². The number of aromatic nitrogens is 3. The summed E-state index contributed by atoms with van der Waals surface area (Å²) >= 11 is 5.69. The molecule has 5 heteroatoms. The highest BCUT2D eigenvalue weighted by molar-refractivity contribution is 6.29. The smallest absolute Gasteiger partial charge is 0.227 e. The molecular formula is C11H11ClN4. The Hall–Kier alpha value is -1.68. The number of aryl methyl sites for hydroxylation is 2. The van der Waals surface area contributed by atoms with Crippen molar-refractivity contribution in [2.24, 2.45) is 0 Å². The average Bonchev–Trinajstić information content (AvgIpc) is 2.20. The van der Waals surface area contributed by atoms with Crippen LogP contribution < -0.4 is 5.32 Å². The third-order valence-corrected chi connectivity index (χ3v) is 2.19. The van der Waals surface area contributed by atoms with Crippen LogP contribution in [0.1, 0.15) is 11.4 Å². The molecule has 0 saturated carbocycles. The average molecular weight is 235 g/mol. The van der Waals surface area contributed by atoms with Crippen LogP contribution in [0.25, 0.3) is 0 Å². The van der Waals surface area contributed by atoms with Gasteiger partial charge in [-0.25, -0.2) is 15.0 Å². The summed E-state index contributed by atoms with van der Waals surface area (Å²) in [5.74, 6) is 0.571. The molecule has 2 rings (SSSR count). The van der Waals surface area contributed by atoms with E-state index in [1.54, 1.807) is 12.3 Å². The van der Waals surface area contributed by atoms with Gasteiger partial charge in [-0.3, -0.25) is 0 Å². The molecule has 16 heavy (non-hydrogen) atoms. The van der Waals surface area contributed by atoms with E-state index >= 15 is 0 Å². The molecule has 0 amide bonds. The number of nitrogens with zero attached hydrogens (tertiary/aromatic N) is 3. The monoisotopic (exact) mass is 234 g/mol. The maximum absolute atomic E-state index is 5.69. The quantitative estimate of drug-likeness (QED) is 0.812. The first kappa shape index (κ1) is 10.8. The van der Waals surface area contributed by atoms with E-state index in [4.69, 9.17) is 11.6 Å². The molecule has 1 N–H and O–H groups in total. The first-order chi connectivity index (χ1) is 7.63. The van der Waals surface area contributed by atoms with Crippen LogP contribution in [0.5, 0.6) is 0 Å². The Bertz CT molecular complexity index is 476. The van der Waals surface area contributed by atoms with Crippen molar-refractivity contribution in [3.8, 4) is 0 Å². The van der Waals surface area contributed by atoms with Crippen LogP contribution in [0, 0.1) is 13.8 Å². The van der Waals surface area contributed by atoms with Crippen molar-refractivity contribution in [1.29, 1.82) is 0 Å². The Labute approximate surface area is 98.7 Å². The zero-order chi connectivity index (χ0) is 11.5. The first-order valence-corrected chi connectivity index (χ1v) is 5.22. The van der Waals surface area contributed by atoms with Gasteiger partial charge in [-0.2, -0.15) is 0 Å². The molecular weight excluding hydrogens is 224 g/mol. The van der Waals surface area contributed by atoms with Gasteiger partial charge in [0, 0.05) is 11.4 Å². The molecule has 2 aromatic heterocycles. The Morgan fingerprint density at radius 3 is 2.38 bits per heavy atom. The highest BCUT2D eigenvalue weighted by atomic mass is 35.5. The fraction of sp³-hybridized carbons (Fsp3) is 0.182. The molecule has 2 aromatic rings. The predicted molar refractivity (Wildman–Crippen MR) is 64.0 cm³/mol. The third-order valence-electron chi connectivity index (χ3n) is 1.97. The van der Waals surface area contributed by atoms with Crippen molar-refractivity contribution in [3.63, 3.8) is 0 Å². The molecule has 0 aliphatic heterocycles. The summed E-state index contributed by atoms with van der Waals surface area (Å²) in [6, 6.07) is 5.47. The summed E-state index contributed by atoms with van der Waals surface area (Å²) in [6.07, 6.45) is 1.64. The van der Waals surface area contributed by atoms with Crippen LogP contribution in [0.4, 0.5) is 11.6 Å². The SMILES string of the molecule is Cc1cc(C)nc(Nc2ccc(Cl)nc2)n1. The number of nitrogens with one attached hydrogen (secondary N) is 1. The molecule has 0 aromatic carbocycles. The number of halogens is 1. The molecule has 0 spiro atoms. The van der Waals surface area contributed by atoms with Crippen molar-refractivity contribution < 1.29 is 0 Å². The first-order valence-electron chi connectivity index (χ1n) is 4.84. The maximum atomic E-state index is 5.69. The lowest BCUT2D eigenvalue weighted by Gasteiger charge is -2.05. The van der Waals surface area contributed by atoms with Gasteiger partial charge in [-0.05, 0) is 32.0 Å². The lowest BCUT2D eigenvalue weighted by Crippen LogP contribution is -2.00. The highest BCUT2D eigenvalue weighted by Gasteiger charge is 2.00. The number of hydrogen-bond acceptors (Lipinski definition) is 4. The largest absolute Gasteiger partial charge is 0.323 e. The van der Waals surface area contributed by atoms with Gasteiger partial charge in [0.15, 0.2) is 0 Å². The molecule has 0 unspecified atom stereocenters. The second-order valence-electron chi connectivity index (χ2n) is 3.47. The summed E-state index contributed by atoms with van der Waals surface area (Å²) in [4.78, 5) is 12.5. The minimum absolute atomic E-state index is 0.465. The molecule has 4 nitrogen and oxygen atoms in total. The van der Waals surface area contributed by atoms with Crippen LogP contribution in [-0.2, 0) is 0 Å². The summed E-state index contributed by atoms with van der Waals surface area (Å²) in [6.45, 7) is 3.86. The van der Waals surface area contributed by atoms with Gasteiger partial charge in [-0.15, -0.1) is 0 Å². The lowest BCUT2D eigenvalue weighted by atomic mass is 10.3. The van der Waals surface area contributed by atoms with Crippen molar-refractivity contribution >= 4 is 23.2 Å². The minimum Gasteiger partial charge on any atom is -0.323 e. The highest BCUT2D eigenvalue weighted by Crippen LogP contribution is 2.14. The van der Waals surface area contributed by atoms with E-state index in [-0.39, 0.29) is 0 Å². The third kappa shape index (κ3) is 2.67. The van der Waals surface area contributed by atoms with Gasteiger partial charge in [0.25, 0.3) is 0 Å². The standard InChI is InChI=1S/C11H11ClN4/c1-7-5-8(2)15-11(14-7)16-9-3-4-10(12)13-6-9/h3-6H,1-2H3,(H,14,15,16). The fourth-order valence-electron chi connectivity index (χ4n) is 1.36. The van der Waals surface area contributed by atoms with Crippen molar-refractivity contribution in [1.82, 2.24) is 15.0 Å². The topological polar surface area (TPSA) is 50.7 Å². The van der Waals surface area contributed by atoms with E-state index in [0.717, 1.165) is 17.1 Å². The summed E-state index contributed by atoms with van der Waals surface area (Å²) in [5, 5.41) is 3.53. The van der Waals surface area contributed by atoms with Crippen LogP contribution in [0.3, 0.4) is 0 Å². The van der Waals surface area contributed by atoms with E-state index < -0.39 is 0 Å². The summed E-state index contributed by atoms with van der Waals surface area (Å²) < 4.78 is 0. The molecule has 2 heterocycles. The van der Waals surface area contributed by atoms with Gasteiger partial charge in [-0.1, -0.05) is 11.6 Å². The van der Waals surface area contributed by atoms with Crippen molar-refractivity contribution in [2.45, 2.75) is 13.8 Å². The molecule has 82 valence electrons. The van der Waals surface area contributed by atoms with E-state index in [1.807, 2.05) is 26.0 Å². The molecule has 0 aliphatic carbocycles. The van der Waals surface area contributed by atoms with Gasteiger partial charge < -0.3 is 5.32 Å². The van der Waals surface area contributed by atoms with Gasteiger partial charge >= 0.3 is 0 Å². The van der Waals surface area contributed by atoms with Crippen molar-refractivity contribution in [3.05, 3.63) is 40.9 Å². The van der Waals surface area contributed by atoms with E-state index in [1.165, 1.54) is 0 Å². The zero-order valence-electron chi connectivity index (χ0n) is 9.03. The van der Waals surface area contributed by atoms with E-state index in [0.29, 0.717) is 11.1 Å². The summed E-state index contributed by atoms with van der Waals surface area (Å²) in [7, 11) is 0. The molecule has 0 atom stereocenters. The zero-order valence-corrected chi connectivity index (χ0v) is 9.78. The minimum atomic E-state index is 0.465. The number of pyridine rings is 1. The molecule has 0 saturated heterocycles. The Morgan fingerprint density at radius 1 is 1.12 bits per heavy atom. The van der Waals surface area contributed by atoms with Gasteiger partial charge in [0.2, 0.25) is 5.95 Å². The molecule has 0 aliphatic rings. The number of anilines is 2. The van der Waals surface area contributed by atoms with E-state index in [9.17, 15) is 0 Å². The van der Waals surface area contributed by atoms with Crippen LogP contribution >= 0.6 is 11.6 Å². The van der Waals surface area contributed by atoms with Gasteiger partial charge in [0.05, 0.1) is 11.9 Å². The fourth-order valence-corrected chi connectivity index (χ4v) is 1.47. The normalized spacial score (nSPS) is 10.2. The number of hydrogen-bond donors (Lipinski definition) is 1. The molecule has 0 bridgehead atoms. The molecule has 0 fully saturated rings. The van der Waals surface area contributed by atoms with Crippen LogP contribution in [0.15, 0.2) is 24.4 Å². The van der Waals surface area contributed by atoms with Crippen LogP contribution in [-0.4, -0.2) is 15.0 Å². The van der Waals surface area contributed by atoms with Gasteiger partial charge in [0.1, 0.15) is 5.15 Å². The van der Waals surface area contributed by atoms with Crippen LogP contribution in [0.2, 0.25) is 5.15 Å². The Kier molecular flexibility index (Phi) is 3.01. The predicted octanol–water partition coefficient (Wildman–Crippen LogP) is 2.89. The second kappa shape index (κ2) is 4.45. The van der Waals surface area contributed by atoms with E-state index in [2.05, 4.69) is 20.3 Å². The Balaban J connectivity index is 2.23. The second-order valence-corrected chi connectivity index (χ2v) is 3.86. The molecule has 0 radical (unpaired) electrons.